The lowest BCUT2D eigenvalue weighted by Gasteiger charge is -2.18. The SMILES string of the molecule is CC(=O)N1CC[C@H](Nc2cc(-c3ccc4c(c3)N(C)CC4)c3nccnc3c2)C1. The number of benzene rings is 2. The molecule has 148 valence electrons. The van der Waals surface area contributed by atoms with E-state index < -0.39 is 0 Å². The number of likely N-dealkylation sites (tertiary alicyclic amines) is 1. The van der Waals surface area contributed by atoms with E-state index >= 15 is 0 Å². The van der Waals surface area contributed by atoms with E-state index in [-0.39, 0.29) is 11.9 Å². The molecule has 0 spiro atoms. The summed E-state index contributed by atoms with van der Waals surface area (Å²) in [6, 6.07) is 11.2. The maximum Gasteiger partial charge on any atom is 0.219 e. The summed E-state index contributed by atoms with van der Waals surface area (Å²) in [6.07, 6.45) is 5.54. The summed E-state index contributed by atoms with van der Waals surface area (Å²) in [4.78, 5) is 25.0. The quantitative estimate of drug-likeness (QED) is 0.747. The molecule has 0 radical (unpaired) electrons. The Hall–Kier alpha value is -3.15. The number of rotatable bonds is 3. The minimum absolute atomic E-state index is 0.140. The van der Waals surface area contributed by atoms with Crippen LogP contribution in [0.5, 0.6) is 0 Å². The smallest absolute Gasteiger partial charge is 0.219 e. The van der Waals surface area contributed by atoms with Crippen LogP contribution in [0, 0.1) is 0 Å². The minimum atomic E-state index is 0.140. The van der Waals surface area contributed by atoms with E-state index in [9.17, 15) is 4.79 Å². The van der Waals surface area contributed by atoms with Gasteiger partial charge in [0.05, 0.1) is 11.0 Å². The Morgan fingerprint density at radius 3 is 2.83 bits per heavy atom. The zero-order valence-electron chi connectivity index (χ0n) is 16.9. The molecular weight excluding hydrogens is 362 g/mol. The maximum absolute atomic E-state index is 11.7. The first-order valence-electron chi connectivity index (χ1n) is 10.2. The van der Waals surface area contributed by atoms with E-state index in [1.54, 1.807) is 19.3 Å². The van der Waals surface area contributed by atoms with Crippen LogP contribution < -0.4 is 10.2 Å². The van der Waals surface area contributed by atoms with Gasteiger partial charge < -0.3 is 15.1 Å². The first-order valence-corrected chi connectivity index (χ1v) is 10.2. The van der Waals surface area contributed by atoms with Gasteiger partial charge >= 0.3 is 0 Å². The highest BCUT2D eigenvalue weighted by Gasteiger charge is 2.24. The average Bonchev–Trinajstić information content (AvgIpc) is 3.34. The van der Waals surface area contributed by atoms with Gasteiger partial charge in [-0.3, -0.25) is 14.8 Å². The van der Waals surface area contributed by atoms with Crippen molar-refractivity contribution in [3.8, 4) is 11.1 Å². The van der Waals surface area contributed by atoms with Crippen molar-refractivity contribution < 1.29 is 4.79 Å². The summed E-state index contributed by atoms with van der Waals surface area (Å²) in [5, 5.41) is 3.62. The number of fused-ring (bicyclic) bond motifs is 2. The monoisotopic (exact) mass is 387 g/mol. The molecule has 1 amide bonds. The van der Waals surface area contributed by atoms with Gasteiger partial charge in [-0.05, 0) is 42.2 Å². The summed E-state index contributed by atoms with van der Waals surface area (Å²) in [5.41, 5.74) is 7.75. The van der Waals surface area contributed by atoms with Gasteiger partial charge in [-0.15, -0.1) is 0 Å². The molecule has 1 atom stereocenters. The second kappa shape index (κ2) is 7.03. The number of carbonyl (C=O) groups excluding carboxylic acids is 1. The Morgan fingerprint density at radius 2 is 2.00 bits per heavy atom. The molecule has 0 bridgehead atoms. The van der Waals surface area contributed by atoms with Gasteiger partial charge in [0.1, 0.15) is 0 Å². The van der Waals surface area contributed by atoms with Crippen molar-refractivity contribution in [3.63, 3.8) is 0 Å². The lowest BCUT2D eigenvalue weighted by Crippen LogP contribution is -2.29. The van der Waals surface area contributed by atoms with Crippen molar-refractivity contribution >= 4 is 28.3 Å². The molecule has 1 saturated heterocycles. The fourth-order valence-corrected chi connectivity index (χ4v) is 4.48. The van der Waals surface area contributed by atoms with Crippen molar-refractivity contribution in [2.24, 2.45) is 0 Å². The Kier molecular flexibility index (Phi) is 4.34. The van der Waals surface area contributed by atoms with E-state index in [4.69, 9.17) is 0 Å². The van der Waals surface area contributed by atoms with E-state index in [0.717, 1.165) is 60.3 Å². The summed E-state index contributed by atoms with van der Waals surface area (Å²) in [5.74, 6) is 0.140. The lowest BCUT2D eigenvalue weighted by atomic mass is 10.00. The third-order valence-corrected chi connectivity index (χ3v) is 6.10. The standard InChI is InChI=1S/C23H25N5O/c1-15(29)28-10-6-18(14-28)26-19-12-20(23-21(13-19)24-7-8-25-23)17-4-3-16-5-9-27(2)22(16)11-17/h3-4,7-8,11-13,18,26H,5-6,9-10,14H2,1-2H3/t18-/m0/s1. The van der Waals surface area contributed by atoms with E-state index in [1.165, 1.54) is 11.3 Å². The van der Waals surface area contributed by atoms with Gasteiger partial charge in [0.2, 0.25) is 5.91 Å². The Morgan fingerprint density at radius 1 is 1.14 bits per heavy atom. The molecule has 1 aromatic heterocycles. The minimum Gasteiger partial charge on any atom is -0.380 e. The summed E-state index contributed by atoms with van der Waals surface area (Å²) in [7, 11) is 2.15. The zero-order chi connectivity index (χ0) is 20.0. The van der Waals surface area contributed by atoms with E-state index in [2.05, 4.69) is 57.6 Å². The van der Waals surface area contributed by atoms with Crippen LogP contribution in [0.2, 0.25) is 0 Å². The Bertz CT molecular complexity index is 1100. The van der Waals surface area contributed by atoms with Gasteiger partial charge in [-0.25, -0.2) is 0 Å². The van der Waals surface area contributed by atoms with Crippen LogP contribution in [0.3, 0.4) is 0 Å². The third kappa shape index (κ3) is 3.28. The van der Waals surface area contributed by atoms with Crippen molar-refractivity contribution in [1.82, 2.24) is 14.9 Å². The molecule has 5 rings (SSSR count). The van der Waals surface area contributed by atoms with Crippen LogP contribution in [0.4, 0.5) is 11.4 Å². The van der Waals surface area contributed by atoms with Crippen LogP contribution in [-0.4, -0.2) is 53.5 Å². The molecule has 0 saturated carbocycles. The molecule has 3 heterocycles. The molecule has 1 N–H and O–H groups in total. The fourth-order valence-electron chi connectivity index (χ4n) is 4.48. The number of nitrogens with one attached hydrogen (secondary N) is 1. The van der Waals surface area contributed by atoms with Crippen molar-refractivity contribution in [1.29, 1.82) is 0 Å². The van der Waals surface area contributed by atoms with E-state index in [0.29, 0.717) is 0 Å². The van der Waals surface area contributed by atoms with Gasteiger partial charge in [-0.1, -0.05) is 12.1 Å². The fraction of sp³-hybridized carbons (Fsp3) is 0.348. The molecular formula is C23H25N5O. The number of amides is 1. The molecule has 2 aromatic carbocycles. The summed E-state index contributed by atoms with van der Waals surface area (Å²) < 4.78 is 0. The Labute approximate surface area is 170 Å². The van der Waals surface area contributed by atoms with Crippen molar-refractivity contribution in [2.75, 3.05) is 36.9 Å². The number of aromatic nitrogens is 2. The van der Waals surface area contributed by atoms with E-state index in [1.807, 2.05) is 4.90 Å². The zero-order valence-corrected chi connectivity index (χ0v) is 16.9. The first-order chi connectivity index (χ1) is 14.1. The number of hydrogen-bond donors (Lipinski definition) is 1. The molecule has 2 aliphatic heterocycles. The molecule has 2 aliphatic rings. The van der Waals surface area contributed by atoms with Crippen molar-refractivity contribution in [2.45, 2.75) is 25.8 Å². The average molecular weight is 387 g/mol. The molecule has 3 aromatic rings. The number of likely N-dealkylation sites (N-methyl/N-ethyl adjacent to an activating group) is 1. The van der Waals surface area contributed by atoms with Crippen LogP contribution in [-0.2, 0) is 11.2 Å². The number of anilines is 2. The highest BCUT2D eigenvalue weighted by Crippen LogP contribution is 2.36. The highest BCUT2D eigenvalue weighted by molar-refractivity contribution is 5.95. The number of carbonyl (C=O) groups is 1. The van der Waals surface area contributed by atoms with Gasteiger partial charge in [0.15, 0.2) is 0 Å². The topological polar surface area (TPSA) is 61.4 Å². The Balaban J connectivity index is 1.53. The molecule has 6 heteroatoms. The number of hydrogen-bond acceptors (Lipinski definition) is 5. The predicted molar refractivity (Wildman–Crippen MR) is 116 cm³/mol. The van der Waals surface area contributed by atoms with Crippen LogP contribution in [0.1, 0.15) is 18.9 Å². The first kappa shape index (κ1) is 17.9. The third-order valence-electron chi connectivity index (χ3n) is 6.10. The summed E-state index contributed by atoms with van der Waals surface area (Å²) in [6.45, 7) is 4.25. The van der Waals surface area contributed by atoms with Crippen LogP contribution in [0.15, 0.2) is 42.7 Å². The van der Waals surface area contributed by atoms with Gasteiger partial charge in [0.25, 0.3) is 0 Å². The number of nitrogens with zero attached hydrogens (tertiary/aromatic N) is 4. The highest BCUT2D eigenvalue weighted by atomic mass is 16.2. The van der Waals surface area contributed by atoms with Crippen LogP contribution in [0.25, 0.3) is 22.2 Å². The second-order valence-corrected chi connectivity index (χ2v) is 8.06. The molecule has 0 aliphatic carbocycles. The largest absolute Gasteiger partial charge is 0.380 e. The molecule has 0 unspecified atom stereocenters. The second-order valence-electron chi connectivity index (χ2n) is 8.06. The van der Waals surface area contributed by atoms with Crippen molar-refractivity contribution in [3.05, 3.63) is 48.3 Å². The lowest BCUT2D eigenvalue weighted by molar-refractivity contribution is -0.127. The van der Waals surface area contributed by atoms with Gasteiger partial charge in [-0.2, -0.15) is 0 Å². The summed E-state index contributed by atoms with van der Waals surface area (Å²) >= 11 is 0. The molecule has 1 fully saturated rings. The van der Waals surface area contributed by atoms with Gasteiger partial charge in [0, 0.05) is 69.0 Å². The van der Waals surface area contributed by atoms with Crippen LogP contribution >= 0.6 is 0 Å². The normalized spacial score (nSPS) is 18.3. The molecule has 29 heavy (non-hydrogen) atoms. The predicted octanol–water partition coefficient (Wildman–Crippen LogP) is 3.32. The molecule has 6 nitrogen and oxygen atoms in total. The maximum atomic E-state index is 11.7.